The Bertz CT molecular complexity index is 450. The highest BCUT2D eigenvalue weighted by Crippen LogP contribution is 2.17. The zero-order valence-corrected chi connectivity index (χ0v) is 11.4. The molecule has 2 aromatic rings. The highest BCUT2D eigenvalue weighted by atomic mass is 32.2. The van der Waals surface area contributed by atoms with Crippen LogP contribution in [-0.2, 0) is 6.42 Å². The number of rotatable bonds is 7. The van der Waals surface area contributed by atoms with Crippen LogP contribution in [0.1, 0.15) is 19.2 Å². The molecule has 0 fully saturated rings. The molecule has 1 unspecified atom stereocenters. The molecule has 1 aromatic heterocycles. The molecule has 0 saturated heterocycles. The van der Waals surface area contributed by atoms with E-state index in [1.165, 1.54) is 0 Å². The number of hydrogen-bond acceptors (Lipinski definition) is 4. The fourth-order valence-corrected chi connectivity index (χ4v) is 2.71. The number of aliphatic hydroxyl groups is 1. The van der Waals surface area contributed by atoms with Crippen LogP contribution in [-0.4, -0.2) is 28.2 Å². The second-order valence-electron chi connectivity index (χ2n) is 4.54. The number of aryl methyl sites for hydroxylation is 1. The Morgan fingerprint density at radius 1 is 1.39 bits per heavy atom. The molecule has 1 atom stereocenters. The molecule has 0 aliphatic heterocycles. The number of fused-ring (bicyclic) bond motifs is 1. The minimum atomic E-state index is 0.276. The summed E-state index contributed by atoms with van der Waals surface area (Å²) in [7, 11) is 0. The monoisotopic (exact) mass is 265 g/mol. The maximum atomic E-state index is 8.91. The van der Waals surface area contributed by atoms with Crippen LogP contribution in [0.25, 0.3) is 11.1 Å². The Morgan fingerprint density at radius 3 is 3.00 bits per heavy atom. The normalized spacial score (nSPS) is 13.0. The van der Waals surface area contributed by atoms with E-state index >= 15 is 0 Å². The third kappa shape index (κ3) is 3.75. The zero-order valence-electron chi connectivity index (χ0n) is 10.6. The van der Waals surface area contributed by atoms with Gasteiger partial charge in [-0.05, 0) is 36.0 Å². The molecule has 1 aromatic carbocycles. The minimum absolute atomic E-state index is 0.276. The fraction of sp³-hybridized carbons (Fsp3) is 0.500. The average molecular weight is 265 g/mol. The van der Waals surface area contributed by atoms with E-state index in [4.69, 9.17) is 9.52 Å². The van der Waals surface area contributed by atoms with Crippen molar-refractivity contribution in [1.29, 1.82) is 0 Å². The van der Waals surface area contributed by atoms with E-state index in [1.807, 2.05) is 36.0 Å². The predicted molar refractivity (Wildman–Crippen MR) is 75.9 cm³/mol. The summed E-state index contributed by atoms with van der Waals surface area (Å²) >= 11 is 1.88. The number of hydrogen-bond donors (Lipinski definition) is 1. The molecule has 1 heterocycles. The summed E-state index contributed by atoms with van der Waals surface area (Å²) in [5.41, 5.74) is 1.81. The van der Waals surface area contributed by atoms with Crippen LogP contribution >= 0.6 is 11.8 Å². The van der Waals surface area contributed by atoms with Gasteiger partial charge in [-0.3, -0.25) is 0 Å². The minimum Gasteiger partial charge on any atom is -0.441 e. The summed E-state index contributed by atoms with van der Waals surface area (Å²) in [6.07, 6.45) is 1.95. The van der Waals surface area contributed by atoms with Crippen LogP contribution in [0.3, 0.4) is 0 Å². The molecule has 3 nitrogen and oxygen atoms in total. The molecule has 0 bridgehead atoms. The summed E-state index contributed by atoms with van der Waals surface area (Å²) < 4.78 is 5.66. The van der Waals surface area contributed by atoms with E-state index in [0.717, 1.165) is 41.3 Å². The van der Waals surface area contributed by atoms with Gasteiger partial charge in [0.05, 0.1) is 0 Å². The number of oxazole rings is 1. The maximum absolute atomic E-state index is 8.91. The second-order valence-corrected chi connectivity index (χ2v) is 5.69. The predicted octanol–water partition coefficient (Wildman–Crippen LogP) is 3.12. The average Bonchev–Trinajstić information content (AvgIpc) is 2.80. The van der Waals surface area contributed by atoms with E-state index in [-0.39, 0.29) is 6.61 Å². The molecular formula is C14H19NO2S. The van der Waals surface area contributed by atoms with Gasteiger partial charge in [-0.15, -0.1) is 0 Å². The van der Waals surface area contributed by atoms with Crippen LogP contribution in [0.2, 0.25) is 0 Å². The van der Waals surface area contributed by atoms with Gasteiger partial charge in [-0.2, -0.15) is 11.8 Å². The molecule has 0 radical (unpaired) electrons. The van der Waals surface area contributed by atoms with E-state index in [1.54, 1.807) is 0 Å². The van der Waals surface area contributed by atoms with Gasteiger partial charge in [0.2, 0.25) is 0 Å². The number of aliphatic hydroxyl groups excluding tert-OH is 1. The summed E-state index contributed by atoms with van der Waals surface area (Å²) in [6.45, 7) is 2.34. The van der Waals surface area contributed by atoms with Gasteiger partial charge in [0.15, 0.2) is 11.5 Å². The van der Waals surface area contributed by atoms with Crippen molar-refractivity contribution in [2.75, 3.05) is 18.1 Å². The van der Waals surface area contributed by atoms with Crippen molar-refractivity contribution in [3.05, 3.63) is 30.2 Å². The second kappa shape index (κ2) is 6.81. The van der Waals surface area contributed by atoms with Crippen molar-refractivity contribution in [1.82, 2.24) is 4.98 Å². The Kier molecular flexibility index (Phi) is 5.08. The van der Waals surface area contributed by atoms with E-state index < -0.39 is 0 Å². The molecule has 4 heteroatoms. The van der Waals surface area contributed by atoms with Gasteiger partial charge < -0.3 is 9.52 Å². The molecule has 2 rings (SSSR count). The smallest absolute Gasteiger partial charge is 0.195 e. The first-order chi connectivity index (χ1) is 8.79. The lowest BCUT2D eigenvalue weighted by atomic mass is 10.2. The van der Waals surface area contributed by atoms with Crippen molar-refractivity contribution in [2.45, 2.75) is 19.8 Å². The molecule has 0 spiro atoms. The van der Waals surface area contributed by atoms with Crippen LogP contribution in [0.15, 0.2) is 28.7 Å². The molecule has 0 aliphatic rings. The lowest BCUT2D eigenvalue weighted by molar-refractivity contribution is 0.250. The topological polar surface area (TPSA) is 46.3 Å². The summed E-state index contributed by atoms with van der Waals surface area (Å²) in [6, 6.07) is 7.85. The van der Waals surface area contributed by atoms with Gasteiger partial charge in [-0.1, -0.05) is 19.1 Å². The third-order valence-corrected chi connectivity index (χ3v) is 4.11. The third-order valence-electron chi connectivity index (χ3n) is 2.73. The van der Waals surface area contributed by atoms with Crippen LogP contribution < -0.4 is 0 Å². The van der Waals surface area contributed by atoms with Crippen molar-refractivity contribution in [3.63, 3.8) is 0 Å². The highest BCUT2D eigenvalue weighted by molar-refractivity contribution is 7.99. The van der Waals surface area contributed by atoms with Crippen LogP contribution in [0, 0.1) is 5.92 Å². The quantitative estimate of drug-likeness (QED) is 0.781. The molecule has 0 amide bonds. The number of thioether (sulfide) groups is 1. The van der Waals surface area contributed by atoms with E-state index in [9.17, 15) is 0 Å². The Hall–Kier alpha value is -1.00. The Balaban J connectivity index is 1.73. The fourth-order valence-electron chi connectivity index (χ4n) is 1.69. The summed E-state index contributed by atoms with van der Waals surface area (Å²) in [5.74, 6) is 3.32. The van der Waals surface area contributed by atoms with Crippen LogP contribution in [0.4, 0.5) is 0 Å². The lowest BCUT2D eigenvalue weighted by Gasteiger charge is -2.05. The van der Waals surface area contributed by atoms with Crippen molar-refractivity contribution < 1.29 is 9.52 Å². The zero-order chi connectivity index (χ0) is 12.8. The molecular weight excluding hydrogens is 246 g/mol. The van der Waals surface area contributed by atoms with Gasteiger partial charge in [0.25, 0.3) is 0 Å². The highest BCUT2D eigenvalue weighted by Gasteiger charge is 2.05. The standard InChI is InChI=1S/C14H19NO2S/c1-11(9-16)10-18-8-4-7-14-15-12-5-2-3-6-13(12)17-14/h2-3,5-6,11,16H,4,7-10H2,1H3. The number of nitrogens with zero attached hydrogens (tertiary/aromatic N) is 1. The number of aromatic nitrogens is 1. The van der Waals surface area contributed by atoms with E-state index in [0.29, 0.717) is 5.92 Å². The first kappa shape index (κ1) is 13.4. The first-order valence-electron chi connectivity index (χ1n) is 6.32. The van der Waals surface area contributed by atoms with Gasteiger partial charge in [0, 0.05) is 13.0 Å². The van der Waals surface area contributed by atoms with Crippen LogP contribution in [0.5, 0.6) is 0 Å². The van der Waals surface area contributed by atoms with Crippen molar-refractivity contribution >= 4 is 22.9 Å². The number of benzene rings is 1. The molecule has 1 N–H and O–H groups in total. The largest absolute Gasteiger partial charge is 0.441 e. The first-order valence-corrected chi connectivity index (χ1v) is 7.48. The van der Waals surface area contributed by atoms with E-state index in [2.05, 4.69) is 11.9 Å². The molecule has 0 saturated carbocycles. The molecule has 18 heavy (non-hydrogen) atoms. The Morgan fingerprint density at radius 2 is 2.22 bits per heavy atom. The number of para-hydroxylation sites is 2. The van der Waals surface area contributed by atoms with Gasteiger partial charge in [0.1, 0.15) is 5.52 Å². The Labute approximate surface area is 112 Å². The molecule has 0 aliphatic carbocycles. The SMILES string of the molecule is CC(CO)CSCCCc1nc2ccccc2o1. The molecule has 98 valence electrons. The maximum Gasteiger partial charge on any atom is 0.195 e. The van der Waals surface area contributed by atoms with Gasteiger partial charge >= 0.3 is 0 Å². The summed E-state index contributed by atoms with van der Waals surface area (Å²) in [5, 5.41) is 8.91. The van der Waals surface area contributed by atoms with Crippen molar-refractivity contribution in [2.24, 2.45) is 5.92 Å². The van der Waals surface area contributed by atoms with Crippen molar-refractivity contribution in [3.8, 4) is 0 Å². The summed E-state index contributed by atoms with van der Waals surface area (Å²) in [4.78, 5) is 4.45. The lowest BCUT2D eigenvalue weighted by Crippen LogP contribution is -2.04. The van der Waals surface area contributed by atoms with Gasteiger partial charge in [-0.25, -0.2) is 4.98 Å².